The molecule has 2 unspecified atom stereocenters. The van der Waals surface area contributed by atoms with Crippen LogP contribution in [0, 0.1) is 5.92 Å². The summed E-state index contributed by atoms with van der Waals surface area (Å²) in [6, 6.07) is 17.3. The lowest BCUT2D eigenvalue weighted by Gasteiger charge is -2.36. The van der Waals surface area contributed by atoms with Crippen LogP contribution in [-0.4, -0.2) is 24.1 Å². The first kappa shape index (κ1) is 22.0. The fraction of sp³-hybridized carbons (Fsp3) is 0.370. The molecule has 0 N–H and O–H groups in total. The Labute approximate surface area is 189 Å². The number of carbonyl (C=O) groups excluding carboxylic acids is 2. The molecule has 2 atom stereocenters. The van der Waals surface area contributed by atoms with Gasteiger partial charge in [0.15, 0.2) is 0 Å². The van der Waals surface area contributed by atoms with Crippen LogP contribution >= 0.6 is 0 Å². The van der Waals surface area contributed by atoms with E-state index in [4.69, 9.17) is 14.5 Å². The molecule has 0 bridgehead atoms. The minimum absolute atomic E-state index is 0.131. The molecule has 32 heavy (non-hydrogen) atoms. The van der Waals surface area contributed by atoms with Crippen molar-refractivity contribution in [2.24, 2.45) is 10.9 Å². The number of Topliss-reactive ketones (excluding diaryl/α,β-unsaturated/α-hetero) is 1. The molecule has 0 radical (unpaired) electrons. The maximum absolute atomic E-state index is 13.4. The molecule has 1 fully saturated rings. The van der Waals surface area contributed by atoms with E-state index < -0.39 is 17.8 Å². The molecule has 0 amide bonds. The number of ketones is 1. The Morgan fingerprint density at radius 2 is 1.78 bits per heavy atom. The minimum Gasteiger partial charge on any atom is -0.493 e. The lowest BCUT2D eigenvalue weighted by molar-refractivity contribution is -0.140. The van der Waals surface area contributed by atoms with Crippen molar-refractivity contribution < 1.29 is 19.1 Å². The quantitative estimate of drug-likeness (QED) is 0.551. The number of benzene rings is 2. The van der Waals surface area contributed by atoms with Gasteiger partial charge in [-0.2, -0.15) is 0 Å². The molecular formula is C27H29NO4. The van der Waals surface area contributed by atoms with E-state index in [0.29, 0.717) is 30.0 Å². The highest BCUT2D eigenvalue weighted by Gasteiger charge is 2.44. The minimum atomic E-state index is -0.452. The largest absolute Gasteiger partial charge is 0.493 e. The second-order valence-electron chi connectivity index (χ2n) is 8.33. The first-order valence-electron chi connectivity index (χ1n) is 11.3. The van der Waals surface area contributed by atoms with Gasteiger partial charge in [0, 0.05) is 29.3 Å². The zero-order valence-electron chi connectivity index (χ0n) is 18.7. The maximum atomic E-state index is 13.4. The number of fused-ring (bicyclic) bond motifs is 1. The Morgan fingerprint density at radius 1 is 1.03 bits per heavy atom. The van der Waals surface area contributed by atoms with Crippen molar-refractivity contribution in [1.82, 2.24) is 0 Å². The molecule has 0 spiro atoms. The Kier molecular flexibility index (Phi) is 6.84. The number of para-hydroxylation sites is 1. The van der Waals surface area contributed by atoms with E-state index in [9.17, 15) is 9.59 Å². The van der Waals surface area contributed by atoms with Crippen LogP contribution < -0.4 is 4.74 Å². The number of carbonyl (C=O) groups is 2. The van der Waals surface area contributed by atoms with Gasteiger partial charge < -0.3 is 9.47 Å². The lowest BCUT2D eigenvalue weighted by atomic mass is 9.69. The maximum Gasteiger partial charge on any atom is 0.336 e. The predicted octanol–water partition coefficient (Wildman–Crippen LogP) is 5.40. The summed E-state index contributed by atoms with van der Waals surface area (Å²) in [5.41, 5.74) is 3.71. The molecule has 0 saturated heterocycles. The van der Waals surface area contributed by atoms with Gasteiger partial charge in [0.1, 0.15) is 18.1 Å². The van der Waals surface area contributed by atoms with E-state index in [-0.39, 0.29) is 12.4 Å². The molecule has 4 rings (SSSR count). The van der Waals surface area contributed by atoms with Gasteiger partial charge in [0.2, 0.25) is 0 Å². The molecule has 2 aromatic rings. The summed E-state index contributed by atoms with van der Waals surface area (Å²) in [5.74, 6) is -0.487. The van der Waals surface area contributed by atoms with Crippen molar-refractivity contribution >= 4 is 17.5 Å². The standard InChI is InChI=1S/C27H29NO4/c1-3-16-31-23-15-8-7-12-20(23)25-24(27(30)32-17-19-10-5-4-6-11-19)18(2)28-21-13-9-14-22(29)26(21)25/h4-8,10-12,15,25-26H,3,9,13-14,16-17H2,1-2H3. The van der Waals surface area contributed by atoms with E-state index in [1.165, 1.54) is 0 Å². The average molecular weight is 432 g/mol. The SMILES string of the molecule is CCCOc1ccccc1C1C(C(=O)OCc2ccccc2)=C(C)N=C2CCCC(=O)C21. The van der Waals surface area contributed by atoms with E-state index in [0.717, 1.165) is 36.1 Å². The first-order valence-corrected chi connectivity index (χ1v) is 11.3. The van der Waals surface area contributed by atoms with Gasteiger partial charge in [0.05, 0.1) is 18.1 Å². The van der Waals surface area contributed by atoms with Crippen LogP contribution in [0.3, 0.4) is 0 Å². The number of allylic oxidation sites excluding steroid dienone is 1. The Bertz CT molecular complexity index is 1050. The van der Waals surface area contributed by atoms with Gasteiger partial charge in [-0.3, -0.25) is 9.79 Å². The van der Waals surface area contributed by atoms with E-state index in [1.54, 1.807) is 0 Å². The number of hydrogen-bond acceptors (Lipinski definition) is 5. The van der Waals surface area contributed by atoms with Crippen LogP contribution in [0.5, 0.6) is 5.75 Å². The fourth-order valence-corrected chi connectivity index (χ4v) is 4.60. The van der Waals surface area contributed by atoms with Crippen molar-refractivity contribution in [2.45, 2.75) is 52.1 Å². The number of ether oxygens (including phenoxy) is 2. The number of hydrogen-bond donors (Lipinski definition) is 0. The van der Waals surface area contributed by atoms with Crippen LogP contribution in [-0.2, 0) is 20.9 Å². The topological polar surface area (TPSA) is 65.0 Å². The van der Waals surface area contributed by atoms with Crippen molar-refractivity contribution in [3.8, 4) is 5.75 Å². The zero-order chi connectivity index (χ0) is 22.5. The molecule has 1 heterocycles. The molecule has 5 nitrogen and oxygen atoms in total. The van der Waals surface area contributed by atoms with Crippen LogP contribution in [0.2, 0.25) is 0 Å². The van der Waals surface area contributed by atoms with E-state index >= 15 is 0 Å². The van der Waals surface area contributed by atoms with Crippen molar-refractivity contribution in [3.63, 3.8) is 0 Å². The normalized spacial score (nSPS) is 20.4. The highest BCUT2D eigenvalue weighted by molar-refractivity contribution is 6.11. The number of rotatable bonds is 7. The Balaban J connectivity index is 1.74. The Hall–Kier alpha value is -3.21. The van der Waals surface area contributed by atoms with E-state index in [1.807, 2.05) is 61.5 Å². The van der Waals surface area contributed by atoms with Gasteiger partial charge in [0.25, 0.3) is 0 Å². The van der Waals surface area contributed by atoms with Gasteiger partial charge >= 0.3 is 5.97 Å². The molecule has 2 aliphatic rings. The van der Waals surface area contributed by atoms with Crippen LogP contribution in [0.1, 0.15) is 56.6 Å². The molecule has 166 valence electrons. The summed E-state index contributed by atoms with van der Waals surface area (Å²) in [6.07, 6.45) is 2.95. The molecule has 0 aromatic heterocycles. The third-order valence-electron chi connectivity index (χ3n) is 6.06. The molecule has 1 aliphatic heterocycles. The second-order valence-corrected chi connectivity index (χ2v) is 8.33. The third kappa shape index (κ3) is 4.52. The zero-order valence-corrected chi connectivity index (χ0v) is 18.7. The van der Waals surface area contributed by atoms with Crippen molar-refractivity contribution in [3.05, 3.63) is 77.0 Å². The molecule has 1 aliphatic carbocycles. The smallest absolute Gasteiger partial charge is 0.336 e. The summed E-state index contributed by atoms with van der Waals surface area (Å²) in [7, 11) is 0. The number of nitrogens with zero attached hydrogens (tertiary/aromatic N) is 1. The summed E-state index contributed by atoms with van der Waals surface area (Å²) in [5, 5.41) is 0. The van der Waals surface area contributed by atoms with Crippen LogP contribution in [0.15, 0.2) is 70.9 Å². The Morgan fingerprint density at radius 3 is 2.56 bits per heavy atom. The second kappa shape index (κ2) is 9.94. The van der Waals surface area contributed by atoms with Gasteiger partial charge in [-0.1, -0.05) is 55.5 Å². The molecule has 1 saturated carbocycles. The lowest BCUT2D eigenvalue weighted by Crippen LogP contribution is -2.39. The molecular weight excluding hydrogens is 402 g/mol. The summed E-state index contributed by atoms with van der Waals surface area (Å²) < 4.78 is 11.7. The van der Waals surface area contributed by atoms with Gasteiger partial charge in [-0.15, -0.1) is 0 Å². The van der Waals surface area contributed by atoms with Crippen LogP contribution in [0.25, 0.3) is 0 Å². The third-order valence-corrected chi connectivity index (χ3v) is 6.06. The number of esters is 1. The van der Waals surface area contributed by atoms with Gasteiger partial charge in [-0.05, 0) is 37.8 Å². The summed E-state index contributed by atoms with van der Waals surface area (Å²) in [4.78, 5) is 31.2. The first-order chi connectivity index (χ1) is 15.6. The fourth-order valence-electron chi connectivity index (χ4n) is 4.60. The van der Waals surface area contributed by atoms with Crippen molar-refractivity contribution in [2.75, 3.05) is 6.61 Å². The van der Waals surface area contributed by atoms with E-state index in [2.05, 4.69) is 6.92 Å². The highest BCUT2D eigenvalue weighted by Crippen LogP contribution is 2.45. The highest BCUT2D eigenvalue weighted by atomic mass is 16.5. The number of aliphatic imine (C=N–C) groups is 1. The predicted molar refractivity (Wildman–Crippen MR) is 124 cm³/mol. The summed E-state index contributed by atoms with van der Waals surface area (Å²) in [6.45, 7) is 4.63. The summed E-state index contributed by atoms with van der Waals surface area (Å²) >= 11 is 0. The van der Waals surface area contributed by atoms with Crippen LogP contribution in [0.4, 0.5) is 0 Å². The monoisotopic (exact) mass is 431 g/mol. The molecule has 5 heteroatoms. The average Bonchev–Trinajstić information content (AvgIpc) is 2.81. The molecule has 2 aromatic carbocycles. The van der Waals surface area contributed by atoms with Gasteiger partial charge in [-0.25, -0.2) is 4.79 Å². The van der Waals surface area contributed by atoms with Crippen molar-refractivity contribution in [1.29, 1.82) is 0 Å².